The zero-order chi connectivity index (χ0) is 20.4. The molecule has 0 N–H and O–H groups in total. The number of pyridine rings is 1. The number of carbonyl (C=O) groups is 1. The molecular formula is C23H24N2O3S. The quantitative estimate of drug-likeness (QED) is 0.653. The van der Waals surface area contributed by atoms with Crippen molar-refractivity contribution in [3.8, 4) is 16.9 Å². The summed E-state index contributed by atoms with van der Waals surface area (Å²) >= 11 is 1.66. The Kier molecular flexibility index (Phi) is 5.53. The molecule has 1 amide bonds. The van der Waals surface area contributed by atoms with E-state index in [1.54, 1.807) is 23.0 Å². The second-order valence-corrected chi connectivity index (χ2v) is 8.21. The summed E-state index contributed by atoms with van der Waals surface area (Å²) in [5.74, 6) is 0.670. The van der Waals surface area contributed by atoms with Crippen LogP contribution in [0.15, 0.2) is 58.0 Å². The molecule has 150 valence electrons. The standard InChI is InChI=1S/C23H24N2O3S/c1-16-13-21(14-22(26)24(16)2)28-20-7-10-25(11-8-20)23(27)18-5-3-17(4-6-18)19-9-12-29-15-19/h3-6,9,12-15,20H,7-8,10-11H2,1-2H3. The number of ether oxygens (including phenoxy) is 1. The average molecular weight is 409 g/mol. The first-order chi connectivity index (χ1) is 14.0. The van der Waals surface area contributed by atoms with Crippen molar-refractivity contribution < 1.29 is 9.53 Å². The smallest absolute Gasteiger partial charge is 0.254 e. The average Bonchev–Trinajstić information content (AvgIpc) is 3.27. The van der Waals surface area contributed by atoms with Gasteiger partial charge >= 0.3 is 0 Å². The van der Waals surface area contributed by atoms with Gasteiger partial charge in [-0.25, -0.2) is 0 Å². The number of likely N-dealkylation sites (tertiary alicyclic amines) is 1. The third-order valence-electron chi connectivity index (χ3n) is 5.49. The second kappa shape index (κ2) is 8.25. The van der Waals surface area contributed by atoms with Crippen molar-refractivity contribution in [2.24, 2.45) is 7.05 Å². The first-order valence-corrected chi connectivity index (χ1v) is 10.7. The van der Waals surface area contributed by atoms with Crippen LogP contribution >= 0.6 is 11.3 Å². The highest BCUT2D eigenvalue weighted by Gasteiger charge is 2.25. The van der Waals surface area contributed by atoms with Gasteiger partial charge in [0.2, 0.25) is 0 Å². The fraction of sp³-hybridized carbons (Fsp3) is 0.304. The molecule has 0 saturated carbocycles. The van der Waals surface area contributed by atoms with Crippen LogP contribution in [0.1, 0.15) is 28.9 Å². The molecule has 0 radical (unpaired) electrons. The van der Waals surface area contributed by atoms with Gasteiger partial charge in [0.05, 0.1) is 0 Å². The Morgan fingerprint density at radius 3 is 2.41 bits per heavy atom. The molecule has 3 heterocycles. The number of aromatic nitrogens is 1. The van der Waals surface area contributed by atoms with Crippen LogP contribution in [-0.2, 0) is 7.05 Å². The van der Waals surface area contributed by atoms with E-state index in [2.05, 4.69) is 16.8 Å². The first kappa shape index (κ1) is 19.5. The number of nitrogens with zero attached hydrogens (tertiary/aromatic N) is 2. The maximum absolute atomic E-state index is 12.8. The van der Waals surface area contributed by atoms with E-state index in [9.17, 15) is 9.59 Å². The van der Waals surface area contributed by atoms with Crippen molar-refractivity contribution in [3.63, 3.8) is 0 Å². The predicted octanol–water partition coefficient (Wildman–Crippen LogP) is 4.11. The number of hydrogen-bond acceptors (Lipinski definition) is 4. The Morgan fingerprint density at radius 2 is 1.79 bits per heavy atom. The largest absolute Gasteiger partial charge is 0.490 e. The molecule has 0 bridgehead atoms. The Bertz CT molecular complexity index is 1050. The number of rotatable bonds is 4. The summed E-state index contributed by atoms with van der Waals surface area (Å²) in [4.78, 5) is 26.6. The highest BCUT2D eigenvalue weighted by Crippen LogP contribution is 2.24. The van der Waals surface area contributed by atoms with E-state index in [1.165, 1.54) is 11.6 Å². The van der Waals surface area contributed by atoms with E-state index in [1.807, 2.05) is 42.2 Å². The minimum absolute atomic E-state index is 0.0199. The van der Waals surface area contributed by atoms with Gasteiger partial charge in [-0.15, -0.1) is 0 Å². The topological polar surface area (TPSA) is 51.5 Å². The van der Waals surface area contributed by atoms with Gasteiger partial charge in [-0.05, 0) is 53.1 Å². The number of aryl methyl sites for hydroxylation is 1. The normalized spacial score (nSPS) is 14.8. The lowest BCUT2D eigenvalue weighted by molar-refractivity contribution is 0.0595. The number of piperidine rings is 1. The number of carbonyl (C=O) groups excluding carboxylic acids is 1. The van der Waals surface area contributed by atoms with E-state index in [0.29, 0.717) is 24.4 Å². The van der Waals surface area contributed by atoms with Gasteiger partial charge in [-0.1, -0.05) is 12.1 Å². The molecule has 0 atom stereocenters. The number of amides is 1. The lowest BCUT2D eigenvalue weighted by Gasteiger charge is -2.32. The zero-order valence-corrected chi connectivity index (χ0v) is 17.4. The van der Waals surface area contributed by atoms with Crippen molar-refractivity contribution in [2.75, 3.05) is 13.1 Å². The Hall–Kier alpha value is -2.86. The summed E-state index contributed by atoms with van der Waals surface area (Å²) in [6, 6.07) is 13.3. The number of hydrogen-bond donors (Lipinski definition) is 0. The summed E-state index contributed by atoms with van der Waals surface area (Å²) in [6.07, 6.45) is 1.53. The predicted molar refractivity (Wildman–Crippen MR) is 116 cm³/mol. The molecule has 29 heavy (non-hydrogen) atoms. The highest BCUT2D eigenvalue weighted by molar-refractivity contribution is 7.08. The molecule has 0 aliphatic carbocycles. The maximum atomic E-state index is 12.8. The van der Waals surface area contributed by atoms with Crippen LogP contribution in [-0.4, -0.2) is 34.6 Å². The fourth-order valence-corrected chi connectivity index (χ4v) is 4.26. The van der Waals surface area contributed by atoms with Gasteiger partial charge in [0, 0.05) is 50.3 Å². The molecule has 0 unspecified atom stereocenters. The van der Waals surface area contributed by atoms with Crippen LogP contribution in [0.25, 0.3) is 11.1 Å². The van der Waals surface area contributed by atoms with E-state index in [0.717, 1.165) is 24.1 Å². The summed E-state index contributed by atoms with van der Waals surface area (Å²) in [5.41, 5.74) is 3.81. The van der Waals surface area contributed by atoms with Gasteiger partial charge in [-0.2, -0.15) is 11.3 Å². The summed E-state index contributed by atoms with van der Waals surface area (Å²) in [7, 11) is 1.75. The Balaban J connectivity index is 1.35. The third-order valence-corrected chi connectivity index (χ3v) is 6.18. The van der Waals surface area contributed by atoms with Crippen LogP contribution in [0.2, 0.25) is 0 Å². The SMILES string of the molecule is Cc1cc(OC2CCN(C(=O)c3ccc(-c4ccsc4)cc3)CC2)cc(=O)n1C. The molecule has 1 aromatic carbocycles. The molecule has 1 aliphatic rings. The van der Waals surface area contributed by atoms with Gasteiger partial charge in [0.1, 0.15) is 11.9 Å². The monoisotopic (exact) mass is 408 g/mol. The van der Waals surface area contributed by atoms with Crippen LogP contribution in [0.3, 0.4) is 0 Å². The lowest BCUT2D eigenvalue weighted by Crippen LogP contribution is -2.41. The molecule has 0 spiro atoms. The minimum atomic E-state index is -0.0708. The van der Waals surface area contributed by atoms with Crippen molar-refractivity contribution in [1.82, 2.24) is 9.47 Å². The molecule has 1 saturated heterocycles. The molecule has 4 rings (SSSR count). The highest BCUT2D eigenvalue weighted by atomic mass is 32.1. The molecule has 1 aliphatic heterocycles. The van der Waals surface area contributed by atoms with Crippen LogP contribution in [0, 0.1) is 6.92 Å². The second-order valence-electron chi connectivity index (χ2n) is 7.43. The van der Waals surface area contributed by atoms with Gasteiger partial charge in [0.15, 0.2) is 0 Å². The van der Waals surface area contributed by atoms with Crippen LogP contribution in [0.5, 0.6) is 5.75 Å². The van der Waals surface area contributed by atoms with E-state index >= 15 is 0 Å². The molecule has 2 aromatic heterocycles. The molecule has 1 fully saturated rings. The molecule has 6 heteroatoms. The van der Waals surface area contributed by atoms with E-state index in [4.69, 9.17) is 4.74 Å². The maximum Gasteiger partial charge on any atom is 0.254 e. The van der Waals surface area contributed by atoms with Crippen molar-refractivity contribution in [3.05, 3.63) is 74.8 Å². The van der Waals surface area contributed by atoms with Gasteiger partial charge in [0.25, 0.3) is 11.5 Å². The van der Waals surface area contributed by atoms with Crippen molar-refractivity contribution >= 4 is 17.2 Å². The number of benzene rings is 1. The Labute approximate surface area is 174 Å². The zero-order valence-electron chi connectivity index (χ0n) is 16.6. The summed E-state index contributed by atoms with van der Waals surface area (Å²) in [6.45, 7) is 3.19. The van der Waals surface area contributed by atoms with Gasteiger partial charge < -0.3 is 14.2 Å². The van der Waals surface area contributed by atoms with Gasteiger partial charge in [-0.3, -0.25) is 9.59 Å². The lowest BCUT2D eigenvalue weighted by atomic mass is 10.0. The van der Waals surface area contributed by atoms with Crippen LogP contribution < -0.4 is 10.3 Å². The fourth-order valence-electron chi connectivity index (χ4n) is 3.59. The van der Waals surface area contributed by atoms with Crippen molar-refractivity contribution in [2.45, 2.75) is 25.9 Å². The molecule has 5 nitrogen and oxygen atoms in total. The third kappa shape index (κ3) is 4.27. The number of thiophene rings is 1. The summed E-state index contributed by atoms with van der Waals surface area (Å²) < 4.78 is 7.61. The summed E-state index contributed by atoms with van der Waals surface area (Å²) in [5, 5.41) is 4.15. The van der Waals surface area contributed by atoms with Crippen LogP contribution in [0.4, 0.5) is 0 Å². The van der Waals surface area contributed by atoms with E-state index in [-0.39, 0.29) is 17.6 Å². The molecule has 3 aromatic rings. The first-order valence-electron chi connectivity index (χ1n) is 9.77. The molecular weight excluding hydrogens is 384 g/mol. The van der Waals surface area contributed by atoms with Crippen molar-refractivity contribution in [1.29, 1.82) is 0 Å². The Morgan fingerprint density at radius 1 is 1.07 bits per heavy atom. The minimum Gasteiger partial charge on any atom is -0.490 e. The van der Waals surface area contributed by atoms with E-state index < -0.39 is 0 Å².